The Hall–Kier alpha value is -1.95. The number of hydrogen-bond acceptors (Lipinski definition) is 4. The molecular weight excluding hydrogens is 263 g/mol. The maximum Gasteiger partial charge on any atom is 0.320 e. The van der Waals surface area contributed by atoms with E-state index in [4.69, 9.17) is 4.74 Å². The van der Waals surface area contributed by atoms with E-state index in [1.807, 2.05) is 0 Å². The minimum Gasteiger partial charge on any atom is -0.465 e. The molecule has 0 aliphatic heterocycles. The molecule has 20 heavy (non-hydrogen) atoms. The van der Waals surface area contributed by atoms with Gasteiger partial charge < -0.3 is 10.1 Å². The lowest BCUT2D eigenvalue weighted by Crippen LogP contribution is -2.34. The zero-order valence-electron chi connectivity index (χ0n) is 11.9. The second kappa shape index (κ2) is 7.59. The zero-order chi connectivity index (χ0) is 15.1. The van der Waals surface area contributed by atoms with Crippen LogP contribution in [-0.2, 0) is 14.3 Å². The summed E-state index contributed by atoms with van der Waals surface area (Å²) >= 11 is 0. The van der Waals surface area contributed by atoms with Crippen LogP contribution in [0.1, 0.15) is 12.5 Å². The van der Waals surface area contributed by atoms with Gasteiger partial charge in [-0.15, -0.1) is 0 Å². The zero-order valence-corrected chi connectivity index (χ0v) is 11.9. The van der Waals surface area contributed by atoms with Gasteiger partial charge in [-0.2, -0.15) is 0 Å². The van der Waals surface area contributed by atoms with E-state index in [9.17, 15) is 14.0 Å². The molecule has 0 aliphatic rings. The summed E-state index contributed by atoms with van der Waals surface area (Å²) < 4.78 is 17.9. The molecule has 0 aliphatic carbocycles. The molecule has 0 bridgehead atoms. The number of aryl methyl sites for hydroxylation is 1. The lowest BCUT2D eigenvalue weighted by atomic mass is 10.2. The van der Waals surface area contributed by atoms with Crippen molar-refractivity contribution in [2.75, 3.05) is 32.1 Å². The van der Waals surface area contributed by atoms with Crippen molar-refractivity contribution >= 4 is 17.6 Å². The fourth-order valence-electron chi connectivity index (χ4n) is 1.65. The van der Waals surface area contributed by atoms with Gasteiger partial charge in [-0.25, -0.2) is 4.39 Å². The molecule has 0 saturated carbocycles. The summed E-state index contributed by atoms with van der Waals surface area (Å²) in [6.45, 7) is 3.86. The van der Waals surface area contributed by atoms with Crippen LogP contribution in [0.4, 0.5) is 10.1 Å². The number of hydrogen-bond donors (Lipinski definition) is 1. The Morgan fingerprint density at radius 2 is 2.05 bits per heavy atom. The van der Waals surface area contributed by atoms with Crippen LogP contribution in [-0.4, -0.2) is 43.5 Å². The second-order valence-electron chi connectivity index (χ2n) is 4.48. The summed E-state index contributed by atoms with van der Waals surface area (Å²) in [6.07, 6.45) is 0. The smallest absolute Gasteiger partial charge is 0.320 e. The minimum absolute atomic E-state index is 0.0226. The second-order valence-corrected chi connectivity index (χ2v) is 4.48. The van der Waals surface area contributed by atoms with Crippen LogP contribution in [0, 0.1) is 12.7 Å². The van der Waals surface area contributed by atoms with E-state index >= 15 is 0 Å². The van der Waals surface area contributed by atoms with Crippen molar-refractivity contribution in [1.82, 2.24) is 4.90 Å². The Morgan fingerprint density at radius 3 is 2.70 bits per heavy atom. The quantitative estimate of drug-likeness (QED) is 0.805. The Morgan fingerprint density at radius 1 is 1.35 bits per heavy atom. The van der Waals surface area contributed by atoms with Crippen molar-refractivity contribution in [2.45, 2.75) is 13.8 Å². The molecule has 0 radical (unpaired) electrons. The summed E-state index contributed by atoms with van der Waals surface area (Å²) in [5.74, 6) is -1.11. The Bertz CT molecular complexity index is 491. The molecule has 1 rings (SSSR count). The summed E-state index contributed by atoms with van der Waals surface area (Å²) in [4.78, 5) is 24.6. The van der Waals surface area contributed by atoms with Gasteiger partial charge in [0.1, 0.15) is 5.82 Å². The van der Waals surface area contributed by atoms with Gasteiger partial charge in [0, 0.05) is 5.69 Å². The average molecular weight is 282 g/mol. The van der Waals surface area contributed by atoms with Gasteiger partial charge >= 0.3 is 5.97 Å². The Kier molecular flexibility index (Phi) is 6.11. The maximum atomic E-state index is 13.1. The number of amides is 1. The predicted octanol–water partition coefficient (Wildman–Crippen LogP) is 1.57. The lowest BCUT2D eigenvalue weighted by molar-refractivity contribution is -0.144. The molecule has 0 aromatic heterocycles. The summed E-state index contributed by atoms with van der Waals surface area (Å²) in [6, 6.07) is 4.18. The normalized spacial score (nSPS) is 10.4. The number of likely N-dealkylation sites (N-methyl/N-ethyl adjacent to an activating group) is 1. The van der Waals surface area contributed by atoms with Gasteiger partial charge in [-0.3, -0.25) is 14.5 Å². The average Bonchev–Trinajstić information content (AvgIpc) is 2.33. The van der Waals surface area contributed by atoms with Crippen LogP contribution in [0.2, 0.25) is 0 Å². The van der Waals surface area contributed by atoms with E-state index in [1.165, 1.54) is 17.0 Å². The van der Waals surface area contributed by atoms with E-state index in [0.29, 0.717) is 12.3 Å². The fourth-order valence-corrected chi connectivity index (χ4v) is 1.65. The molecular formula is C14H19FN2O3. The standard InChI is InChI=1S/C14H19FN2O3/c1-4-20-14(19)9-17(3)8-13(18)16-12-7-11(15)6-5-10(12)2/h5-7H,4,8-9H2,1-3H3,(H,16,18). The van der Waals surface area contributed by atoms with E-state index in [1.54, 1.807) is 27.0 Å². The molecule has 1 aromatic carbocycles. The third-order valence-corrected chi connectivity index (χ3v) is 2.59. The van der Waals surface area contributed by atoms with Crippen molar-refractivity contribution in [3.63, 3.8) is 0 Å². The third kappa shape index (κ3) is 5.36. The van der Waals surface area contributed by atoms with Crippen LogP contribution in [0.25, 0.3) is 0 Å². The van der Waals surface area contributed by atoms with Crippen LogP contribution in [0.5, 0.6) is 0 Å². The number of halogens is 1. The van der Waals surface area contributed by atoms with Gasteiger partial charge in [0.05, 0.1) is 19.7 Å². The molecule has 5 nitrogen and oxygen atoms in total. The highest BCUT2D eigenvalue weighted by atomic mass is 19.1. The first kappa shape index (κ1) is 16.1. The van der Waals surface area contributed by atoms with E-state index in [0.717, 1.165) is 5.56 Å². The molecule has 0 saturated heterocycles. The van der Waals surface area contributed by atoms with Crippen LogP contribution < -0.4 is 5.32 Å². The molecule has 0 unspecified atom stereocenters. The molecule has 0 spiro atoms. The first-order valence-corrected chi connectivity index (χ1v) is 6.32. The number of nitrogens with one attached hydrogen (secondary N) is 1. The summed E-state index contributed by atoms with van der Waals surface area (Å²) in [5, 5.41) is 2.61. The SMILES string of the molecule is CCOC(=O)CN(C)CC(=O)Nc1cc(F)ccc1C. The van der Waals surface area contributed by atoms with E-state index in [2.05, 4.69) is 5.32 Å². The monoisotopic (exact) mass is 282 g/mol. The Labute approximate surface area is 117 Å². The van der Waals surface area contributed by atoms with Gasteiger partial charge in [-0.1, -0.05) is 6.07 Å². The van der Waals surface area contributed by atoms with E-state index in [-0.39, 0.29) is 25.0 Å². The van der Waals surface area contributed by atoms with Gasteiger partial charge in [-0.05, 0) is 38.6 Å². The summed E-state index contributed by atoms with van der Waals surface area (Å²) in [5.41, 5.74) is 1.20. The highest BCUT2D eigenvalue weighted by Crippen LogP contribution is 2.15. The first-order chi connectivity index (χ1) is 9.42. The predicted molar refractivity (Wildman–Crippen MR) is 73.9 cm³/mol. The molecule has 1 amide bonds. The number of anilines is 1. The summed E-state index contributed by atoms with van der Waals surface area (Å²) in [7, 11) is 1.63. The number of carbonyl (C=O) groups excluding carboxylic acids is 2. The molecule has 6 heteroatoms. The van der Waals surface area contributed by atoms with Crippen molar-refractivity contribution < 1.29 is 18.7 Å². The molecule has 0 atom stereocenters. The van der Waals surface area contributed by atoms with Crippen LogP contribution >= 0.6 is 0 Å². The highest BCUT2D eigenvalue weighted by molar-refractivity contribution is 5.93. The number of benzene rings is 1. The molecule has 0 fully saturated rings. The highest BCUT2D eigenvalue weighted by Gasteiger charge is 2.12. The van der Waals surface area contributed by atoms with Gasteiger partial charge in [0.25, 0.3) is 0 Å². The number of rotatable bonds is 6. The van der Waals surface area contributed by atoms with Crippen molar-refractivity contribution in [3.8, 4) is 0 Å². The van der Waals surface area contributed by atoms with Crippen molar-refractivity contribution in [2.24, 2.45) is 0 Å². The minimum atomic E-state index is -0.411. The largest absolute Gasteiger partial charge is 0.465 e. The molecule has 1 N–H and O–H groups in total. The van der Waals surface area contributed by atoms with E-state index < -0.39 is 5.82 Å². The third-order valence-electron chi connectivity index (χ3n) is 2.59. The number of esters is 1. The molecule has 110 valence electrons. The number of nitrogens with zero attached hydrogens (tertiary/aromatic N) is 1. The lowest BCUT2D eigenvalue weighted by Gasteiger charge is -2.15. The molecule has 1 aromatic rings. The van der Waals surface area contributed by atoms with Crippen molar-refractivity contribution in [1.29, 1.82) is 0 Å². The van der Waals surface area contributed by atoms with Crippen molar-refractivity contribution in [3.05, 3.63) is 29.6 Å². The molecule has 0 heterocycles. The fraction of sp³-hybridized carbons (Fsp3) is 0.429. The maximum absolute atomic E-state index is 13.1. The first-order valence-electron chi connectivity index (χ1n) is 6.32. The number of carbonyl (C=O) groups is 2. The van der Waals surface area contributed by atoms with Crippen LogP contribution in [0.3, 0.4) is 0 Å². The Balaban J connectivity index is 2.51. The topological polar surface area (TPSA) is 58.6 Å². The van der Waals surface area contributed by atoms with Gasteiger partial charge in [0.15, 0.2) is 0 Å². The van der Waals surface area contributed by atoms with Crippen LogP contribution in [0.15, 0.2) is 18.2 Å². The number of ether oxygens (including phenoxy) is 1. The van der Waals surface area contributed by atoms with Gasteiger partial charge in [0.2, 0.25) is 5.91 Å².